The van der Waals surface area contributed by atoms with Gasteiger partial charge in [-0.3, -0.25) is 4.79 Å². The standard InChI is InChI=1S/C22H28N4O2/c1-15(2)14-20(23-12-13-28-3)22(27)26-17-6-4-16(5-7-17)18-8-10-24-21-19(18)9-11-25-21/h4-11,15,20,23H,12-14H2,1-3H3,(H,24,25)(H,26,27)/t20-/m1/s1. The fourth-order valence-electron chi connectivity index (χ4n) is 3.26. The van der Waals surface area contributed by atoms with Crippen LogP contribution in [0.2, 0.25) is 0 Å². The number of rotatable bonds is 9. The molecule has 0 saturated carbocycles. The number of aromatic amines is 1. The molecule has 0 saturated heterocycles. The van der Waals surface area contributed by atoms with E-state index >= 15 is 0 Å². The van der Waals surface area contributed by atoms with E-state index in [1.54, 1.807) is 13.3 Å². The number of carbonyl (C=O) groups excluding carboxylic acids is 1. The van der Waals surface area contributed by atoms with Gasteiger partial charge >= 0.3 is 0 Å². The lowest BCUT2D eigenvalue weighted by molar-refractivity contribution is -0.118. The lowest BCUT2D eigenvalue weighted by Gasteiger charge is -2.20. The monoisotopic (exact) mass is 380 g/mol. The molecule has 0 unspecified atom stereocenters. The molecule has 1 amide bonds. The lowest BCUT2D eigenvalue weighted by atomic mass is 10.0. The fourth-order valence-corrected chi connectivity index (χ4v) is 3.26. The van der Waals surface area contributed by atoms with Gasteiger partial charge in [-0.2, -0.15) is 0 Å². The summed E-state index contributed by atoms with van der Waals surface area (Å²) in [6.45, 7) is 5.46. The van der Waals surface area contributed by atoms with Crippen molar-refractivity contribution in [3.63, 3.8) is 0 Å². The van der Waals surface area contributed by atoms with E-state index < -0.39 is 0 Å². The van der Waals surface area contributed by atoms with Crippen LogP contribution in [0.3, 0.4) is 0 Å². The minimum atomic E-state index is -0.241. The maximum Gasteiger partial charge on any atom is 0.241 e. The van der Waals surface area contributed by atoms with Gasteiger partial charge in [-0.15, -0.1) is 0 Å². The van der Waals surface area contributed by atoms with Crippen molar-refractivity contribution in [1.82, 2.24) is 15.3 Å². The van der Waals surface area contributed by atoms with E-state index in [2.05, 4.69) is 34.4 Å². The second-order valence-electron chi connectivity index (χ2n) is 7.29. The second-order valence-corrected chi connectivity index (χ2v) is 7.29. The van der Waals surface area contributed by atoms with Crippen LogP contribution in [0.15, 0.2) is 48.8 Å². The van der Waals surface area contributed by atoms with Crippen molar-refractivity contribution in [2.75, 3.05) is 25.6 Å². The van der Waals surface area contributed by atoms with Gasteiger partial charge < -0.3 is 20.4 Å². The Bertz CT molecular complexity index is 902. The first-order valence-corrected chi connectivity index (χ1v) is 9.64. The van der Waals surface area contributed by atoms with Crippen LogP contribution in [0, 0.1) is 5.92 Å². The molecule has 0 aliphatic rings. The van der Waals surface area contributed by atoms with Gasteiger partial charge in [0.2, 0.25) is 5.91 Å². The molecule has 0 spiro atoms. The van der Waals surface area contributed by atoms with E-state index in [0.717, 1.165) is 34.3 Å². The summed E-state index contributed by atoms with van der Waals surface area (Å²) >= 11 is 0. The first-order chi connectivity index (χ1) is 13.6. The predicted molar refractivity (Wildman–Crippen MR) is 113 cm³/mol. The molecule has 0 fully saturated rings. The average Bonchev–Trinajstić information content (AvgIpc) is 3.16. The first-order valence-electron chi connectivity index (χ1n) is 9.64. The number of hydrogen-bond acceptors (Lipinski definition) is 4. The molecule has 3 N–H and O–H groups in total. The van der Waals surface area contributed by atoms with Crippen LogP contribution >= 0.6 is 0 Å². The van der Waals surface area contributed by atoms with Crippen LogP contribution in [0.5, 0.6) is 0 Å². The summed E-state index contributed by atoms with van der Waals surface area (Å²) in [5.41, 5.74) is 3.86. The number of ether oxygens (including phenoxy) is 1. The van der Waals surface area contributed by atoms with E-state index in [-0.39, 0.29) is 11.9 Å². The summed E-state index contributed by atoms with van der Waals surface area (Å²) < 4.78 is 5.07. The van der Waals surface area contributed by atoms with Gasteiger partial charge in [0.15, 0.2) is 0 Å². The Morgan fingerprint density at radius 3 is 2.68 bits per heavy atom. The number of H-pyrrole nitrogens is 1. The van der Waals surface area contributed by atoms with Crippen molar-refractivity contribution in [3.05, 3.63) is 48.8 Å². The summed E-state index contributed by atoms with van der Waals surface area (Å²) in [5.74, 6) is 0.401. The number of benzene rings is 1. The molecule has 28 heavy (non-hydrogen) atoms. The Hall–Kier alpha value is -2.70. The Kier molecular flexibility index (Phi) is 6.79. The first kappa shape index (κ1) is 20.0. The largest absolute Gasteiger partial charge is 0.383 e. The highest BCUT2D eigenvalue weighted by atomic mass is 16.5. The van der Waals surface area contributed by atoms with E-state index in [4.69, 9.17) is 4.74 Å². The number of nitrogens with one attached hydrogen (secondary N) is 3. The highest BCUT2D eigenvalue weighted by Gasteiger charge is 2.19. The van der Waals surface area contributed by atoms with Gasteiger partial charge in [-0.05, 0) is 47.7 Å². The second kappa shape index (κ2) is 9.48. The van der Waals surface area contributed by atoms with E-state index in [1.807, 2.05) is 42.6 Å². The smallest absolute Gasteiger partial charge is 0.241 e. The summed E-state index contributed by atoms with van der Waals surface area (Å²) in [5, 5.41) is 7.39. The van der Waals surface area contributed by atoms with Crippen molar-refractivity contribution in [2.45, 2.75) is 26.3 Å². The number of methoxy groups -OCH3 is 1. The number of carbonyl (C=O) groups is 1. The Morgan fingerprint density at radius 1 is 1.18 bits per heavy atom. The molecule has 0 bridgehead atoms. The maximum absolute atomic E-state index is 12.7. The number of aromatic nitrogens is 2. The van der Waals surface area contributed by atoms with Crippen LogP contribution in [-0.2, 0) is 9.53 Å². The third kappa shape index (κ3) is 4.97. The quantitative estimate of drug-likeness (QED) is 0.493. The molecule has 1 aromatic carbocycles. The molecular formula is C22H28N4O2. The normalized spacial score (nSPS) is 12.4. The predicted octanol–water partition coefficient (Wildman–Crippen LogP) is 3.82. The van der Waals surface area contributed by atoms with Crippen LogP contribution < -0.4 is 10.6 Å². The summed E-state index contributed by atoms with van der Waals surface area (Å²) in [6, 6.07) is 11.7. The van der Waals surface area contributed by atoms with Crippen molar-refractivity contribution < 1.29 is 9.53 Å². The number of amides is 1. The van der Waals surface area contributed by atoms with Crippen molar-refractivity contribution in [1.29, 1.82) is 0 Å². The molecule has 2 aromatic heterocycles. The van der Waals surface area contributed by atoms with Crippen molar-refractivity contribution in [3.8, 4) is 11.1 Å². The van der Waals surface area contributed by atoms with Gasteiger partial charge in [-0.25, -0.2) is 4.98 Å². The van der Waals surface area contributed by atoms with E-state index in [0.29, 0.717) is 19.1 Å². The summed E-state index contributed by atoms with van der Waals surface area (Å²) in [4.78, 5) is 20.2. The minimum absolute atomic E-state index is 0.0190. The molecule has 6 heteroatoms. The number of anilines is 1. The molecule has 0 aliphatic carbocycles. The van der Waals surface area contributed by atoms with Crippen LogP contribution in [0.25, 0.3) is 22.2 Å². The molecule has 3 rings (SSSR count). The van der Waals surface area contributed by atoms with Crippen molar-refractivity contribution >= 4 is 22.6 Å². The Morgan fingerprint density at radius 2 is 1.96 bits per heavy atom. The zero-order valence-corrected chi connectivity index (χ0v) is 16.7. The molecule has 0 aliphatic heterocycles. The third-order valence-electron chi connectivity index (χ3n) is 4.64. The average molecular weight is 380 g/mol. The van der Waals surface area contributed by atoms with Crippen molar-refractivity contribution in [2.24, 2.45) is 5.92 Å². The summed E-state index contributed by atoms with van der Waals surface area (Å²) in [6.07, 6.45) is 4.46. The SMILES string of the molecule is COCCN[C@H](CC(C)C)C(=O)Nc1ccc(-c2ccnc3[nH]ccc23)cc1. The van der Waals surface area contributed by atoms with E-state index in [9.17, 15) is 4.79 Å². The van der Waals surface area contributed by atoms with E-state index in [1.165, 1.54) is 0 Å². The maximum atomic E-state index is 12.7. The molecule has 2 heterocycles. The number of hydrogen-bond donors (Lipinski definition) is 3. The summed E-state index contributed by atoms with van der Waals surface area (Å²) in [7, 11) is 1.66. The molecule has 148 valence electrons. The van der Waals surface area contributed by atoms with Crippen LogP contribution in [0.1, 0.15) is 20.3 Å². The zero-order valence-electron chi connectivity index (χ0n) is 16.7. The van der Waals surface area contributed by atoms with Gasteiger partial charge in [0, 0.05) is 37.1 Å². The Labute approximate surface area is 165 Å². The fraction of sp³-hybridized carbons (Fsp3) is 0.364. The molecule has 3 aromatic rings. The minimum Gasteiger partial charge on any atom is -0.383 e. The number of fused-ring (bicyclic) bond motifs is 1. The zero-order chi connectivity index (χ0) is 19.9. The number of nitrogens with zero attached hydrogens (tertiary/aromatic N) is 1. The van der Waals surface area contributed by atoms with Gasteiger partial charge in [0.1, 0.15) is 5.65 Å². The molecule has 6 nitrogen and oxygen atoms in total. The van der Waals surface area contributed by atoms with Gasteiger partial charge in [-0.1, -0.05) is 26.0 Å². The van der Waals surface area contributed by atoms with Crippen LogP contribution in [0.4, 0.5) is 5.69 Å². The number of pyridine rings is 1. The molecule has 0 radical (unpaired) electrons. The van der Waals surface area contributed by atoms with Gasteiger partial charge in [0.25, 0.3) is 0 Å². The van der Waals surface area contributed by atoms with Gasteiger partial charge in [0.05, 0.1) is 12.6 Å². The molecular weight excluding hydrogens is 352 g/mol. The highest BCUT2D eigenvalue weighted by molar-refractivity contribution is 5.96. The third-order valence-corrected chi connectivity index (χ3v) is 4.64. The molecule has 1 atom stereocenters. The van der Waals surface area contributed by atoms with Crippen LogP contribution in [-0.4, -0.2) is 42.2 Å². The lowest BCUT2D eigenvalue weighted by Crippen LogP contribution is -2.42. The highest BCUT2D eigenvalue weighted by Crippen LogP contribution is 2.27. The topological polar surface area (TPSA) is 79.0 Å². The Balaban J connectivity index is 1.70.